The van der Waals surface area contributed by atoms with Crippen LogP contribution in [0.1, 0.15) is 32.3 Å². The molecule has 1 aromatic carbocycles. The average molecular weight is 372 g/mol. The first kappa shape index (κ1) is 18.6. The third-order valence-corrected chi connectivity index (χ3v) is 6.42. The monoisotopic (exact) mass is 372 g/mol. The highest BCUT2D eigenvalue weighted by molar-refractivity contribution is 5.78. The molecule has 0 aromatic heterocycles. The molecule has 146 valence electrons. The van der Waals surface area contributed by atoms with Gasteiger partial charge in [0, 0.05) is 38.0 Å². The maximum atomic E-state index is 13.0. The van der Waals surface area contributed by atoms with Gasteiger partial charge in [-0.3, -0.25) is 9.69 Å². The molecule has 1 N–H and O–H groups in total. The predicted molar refractivity (Wildman–Crippen MR) is 103 cm³/mol. The number of nitrogens with one attached hydrogen (secondary N) is 1. The van der Waals surface area contributed by atoms with Gasteiger partial charge in [0.15, 0.2) is 0 Å². The number of hydrogen-bond acceptors (Lipinski definition) is 3. The van der Waals surface area contributed by atoms with E-state index >= 15 is 0 Å². The van der Waals surface area contributed by atoms with Gasteiger partial charge in [0.05, 0.1) is 18.1 Å². The summed E-state index contributed by atoms with van der Waals surface area (Å²) in [5.41, 5.74) is 2.19. The number of halogens is 1. The van der Waals surface area contributed by atoms with Gasteiger partial charge in [-0.25, -0.2) is 4.39 Å². The molecule has 3 aliphatic heterocycles. The van der Waals surface area contributed by atoms with Crippen LogP contribution in [-0.2, 0) is 16.0 Å². The lowest BCUT2D eigenvalue weighted by Gasteiger charge is -2.29. The summed E-state index contributed by atoms with van der Waals surface area (Å²) in [6.07, 6.45) is 5.11. The Morgan fingerprint density at radius 2 is 2.15 bits per heavy atom. The Morgan fingerprint density at radius 3 is 2.89 bits per heavy atom. The summed E-state index contributed by atoms with van der Waals surface area (Å²) >= 11 is 0. The van der Waals surface area contributed by atoms with Crippen molar-refractivity contribution in [2.45, 2.75) is 44.8 Å². The van der Waals surface area contributed by atoms with Gasteiger partial charge >= 0.3 is 0 Å². The van der Waals surface area contributed by atoms with Crippen molar-refractivity contribution in [1.29, 1.82) is 0 Å². The second-order valence-corrected chi connectivity index (χ2v) is 8.61. The van der Waals surface area contributed by atoms with Crippen LogP contribution in [0.2, 0.25) is 0 Å². The number of hydrogen-bond donors (Lipinski definition) is 1. The lowest BCUT2D eigenvalue weighted by Crippen LogP contribution is -2.42. The number of carbonyl (C=O) groups excluding carboxylic acids is 1. The molecule has 27 heavy (non-hydrogen) atoms. The molecule has 0 aliphatic carbocycles. The average Bonchev–Trinajstić information content (AvgIpc) is 3.28. The Balaban J connectivity index is 1.33. The molecule has 4 rings (SSSR count). The first-order valence-electron chi connectivity index (χ1n) is 10.00. The molecule has 3 aliphatic rings. The van der Waals surface area contributed by atoms with E-state index in [2.05, 4.69) is 30.1 Å². The summed E-state index contributed by atoms with van der Waals surface area (Å²) in [5.74, 6) is 0.626. The molecule has 0 radical (unpaired) electrons. The molecule has 0 unspecified atom stereocenters. The molecular weight excluding hydrogens is 343 g/mol. The van der Waals surface area contributed by atoms with Crippen molar-refractivity contribution in [3.05, 3.63) is 47.3 Å². The maximum absolute atomic E-state index is 13.0. The van der Waals surface area contributed by atoms with Gasteiger partial charge in [0.1, 0.15) is 5.82 Å². The molecule has 3 saturated heterocycles. The van der Waals surface area contributed by atoms with Gasteiger partial charge in [-0.05, 0) is 44.4 Å². The van der Waals surface area contributed by atoms with E-state index in [-0.39, 0.29) is 23.4 Å². The standard InChI is InChI=1S/C22H29FN2O2/c1-15(2)8-10-25-13-19-18(20-7-9-22(19,14-25)27-20)12-24-21(26)11-16-3-5-17(23)6-4-16/h3-6,8,18-20H,7,9-14H2,1-2H3,(H,24,26)/t18-,19+,20+,22+/m0/s1. The number of amides is 1. The fraction of sp³-hybridized carbons (Fsp3) is 0.591. The molecule has 4 nitrogen and oxygen atoms in total. The van der Waals surface area contributed by atoms with Gasteiger partial charge in [0.25, 0.3) is 0 Å². The van der Waals surface area contributed by atoms with Crippen LogP contribution in [0.15, 0.2) is 35.9 Å². The quantitative estimate of drug-likeness (QED) is 0.781. The van der Waals surface area contributed by atoms with Gasteiger partial charge in [-0.15, -0.1) is 0 Å². The summed E-state index contributed by atoms with van der Waals surface area (Å²) < 4.78 is 19.4. The number of fused-ring (bicyclic) bond motifs is 1. The lowest BCUT2D eigenvalue weighted by atomic mass is 9.73. The van der Waals surface area contributed by atoms with Crippen molar-refractivity contribution < 1.29 is 13.9 Å². The second kappa shape index (κ2) is 7.36. The van der Waals surface area contributed by atoms with Crippen molar-refractivity contribution in [2.24, 2.45) is 11.8 Å². The maximum Gasteiger partial charge on any atom is 0.224 e. The van der Waals surface area contributed by atoms with E-state index in [9.17, 15) is 9.18 Å². The van der Waals surface area contributed by atoms with Gasteiger partial charge in [0.2, 0.25) is 5.91 Å². The zero-order valence-electron chi connectivity index (χ0n) is 16.2. The van der Waals surface area contributed by atoms with E-state index in [1.165, 1.54) is 17.7 Å². The highest BCUT2D eigenvalue weighted by Crippen LogP contribution is 2.54. The first-order chi connectivity index (χ1) is 12.9. The number of rotatable bonds is 6. The zero-order chi connectivity index (χ0) is 19.0. The summed E-state index contributed by atoms with van der Waals surface area (Å²) in [7, 11) is 0. The van der Waals surface area contributed by atoms with Crippen LogP contribution in [0.3, 0.4) is 0 Å². The first-order valence-corrected chi connectivity index (χ1v) is 10.00. The normalized spacial score (nSPS) is 31.7. The molecule has 1 spiro atoms. The molecule has 1 aromatic rings. The van der Waals surface area contributed by atoms with Crippen molar-refractivity contribution in [3.8, 4) is 0 Å². The van der Waals surface area contributed by atoms with Crippen LogP contribution in [0.4, 0.5) is 4.39 Å². The Bertz CT molecular complexity index is 728. The minimum absolute atomic E-state index is 0.00201. The molecule has 1 amide bonds. The van der Waals surface area contributed by atoms with E-state index < -0.39 is 0 Å². The van der Waals surface area contributed by atoms with Gasteiger partial charge < -0.3 is 10.1 Å². The molecule has 5 heteroatoms. The molecule has 3 fully saturated rings. The summed E-state index contributed by atoms with van der Waals surface area (Å²) in [6.45, 7) is 8.00. The number of benzene rings is 1. The van der Waals surface area contributed by atoms with Crippen molar-refractivity contribution in [1.82, 2.24) is 10.2 Å². The van der Waals surface area contributed by atoms with Crippen LogP contribution < -0.4 is 5.32 Å². The largest absolute Gasteiger partial charge is 0.370 e. The van der Waals surface area contributed by atoms with Crippen LogP contribution in [0.5, 0.6) is 0 Å². The summed E-state index contributed by atoms with van der Waals surface area (Å²) in [6, 6.07) is 6.14. The third-order valence-electron chi connectivity index (χ3n) is 6.42. The van der Waals surface area contributed by atoms with Crippen molar-refractivity contribution in [2.75, 3.05) is 26.2 Å². The van der Waals surface area contributed by atoms with E-state index in [1.54, 1.807) is 12.1 Å². The Labute approximate surface area is 160 Å². The number of allylic oxidation sites excluding steroid dienone is 1. The molecular formula is C22H29FN2O2. The van der Waals surface area contributed by atoms with Crippen LogP contribution in [0, 0.1) is 17.7 Å². The highest BCUT2D eigenvalue weighted by Gasteiger charge is 2.62. The fourth-order valence-electron chi connectivity index (χ4n) is 5.09. The number of ether oxygens (including phenoxy) is 1. The van der Waals surface area contributed by atoms with E-state index in [0.29, 0.717) is 24.8 Å². The van der Waals surface area contributed by atoms with Gasteiger partial charge in [-0.2, -0.15) is 0 Å². The molecule has 3 heterocycles. The molecule has 4 atom stereocenters. The predicted octanol–water partition coefficient (Wildman–Crippen LogP) is 2.93. The van der Waals surface area contributed by atoms with Crippen molar-refractivity contribution >= 4 is 5.91 Å². The van der Waals surface area contributed by atoms with E-state index in [0.717, 1.165) is 38.0 Å². The van der Waals surface area contributed by atoms with Crippen LogP contribution in [0.25, 0.3) is 0 Å². The van der Waals surface area contributed by atoms with Crippen LogP contribution >= 0.6 is 0 Å². The Kier molecular flexibility index (Phi) is 5.08. The molecule has 2 bridgehead atoms. The minimum atomic E-state index is -0.275. The van der Waals surface area contributed by atoms with Gasteiger partial charge in [-0.1, -0.05) is 23.8 Å². The Hall–Kier alpha value is -1.72. The summed E-state index contributed by atoms with van der Waals surface area (Å²) in [4.78, 5) is 14.8. The SMILES string of the molecule is CC(C)=CCN1C[C@@H]2[C@H](CNC(=O)Cc3ccc(F)cc3)[C@H]3CC[C@]2(C1)O3. The van der Waals surface area contributed by atoms with E-state index in [4.69, 9.17) is 4.74 Å². The minimum Gasteiger partial charge on any atom is -0.370 e. The van der Waals surface area contributed by atoms with Crippen LogP contribution in [-0.4, -0.2) is 48.7 Å². The number of nitrogens with zero attached hydrogens (tertiary/aromatic N) is 1. The fourth-order valence-corrected chi connectivity index (χ4v) is 5.09. The highest BCUT2D eigenvalue weighted by atomic mass is 19.1. The topological polar surface area (TPSA) is 41.6 Å². The molecule has 0 saturated carbocycles. The Morgan fingerprint density at radius 1 is 1.37 bits per heavy atom. The number of carbonyl (C=O) groups is 1. The summed E-state index contributed by atoms with van der Waals surface area (Å²) in [5, 5.41) is 3.10. The van der Waals surface area contributed by atoms with Crippen molar-refractivity contribution in [3.63, 3.8) is 0 Å². The third kappa shape index (κ3) is 3.81. The number of likely N-dealkylation sites (tertiary alicyclic amines) is 1. The second-order valence-electron chi connectivity index (χ2n) is 8.61. The zero-order valence-corrected chi connectivity index (χ0v) is 16.2. The van der Waals surface area contributed by atoms with E-state index in [1.807, 2.05) is 0 Å². The smallest absolute Gasteiger partial charge is 0.224 e. The lowest BCUT2D eigenvalue weighted by molar-refractivity contribution is -0.120.